The number of aliphatic carboxylic acids is 1. The van der Waals surface area contributed by atoms with E-state index in [0.717, 1.165) is 49.0 Å². The van der Waals surface area contributed by atoms with Crippen LogP contribution in [-0.4, -0.2) is 44.9 Å². The summed E-state index contributed by atoms with van der Waals surface area (Å²) in [4.78, 5) is 31.0. The van der Waals surface area contributed by atoms with E-state index in [1.54, 1.807) is 12.1 Å². The van der Waals surface area contributed by atoms with Crippen molar-refractivity contribution in [3.63, 3.8) is 0 Å². The Labute approximate surface area is 354 Å². The van der Waals surface area contributed by atoms with Crippen LogP contribution in [0, 0.1) is 68.5 Å². The van der Waals surface area contributed by atoms with Gasteiger partial charge in [-0.25, -0.2) is 4.79 Å². The summed E-state index contributed by atoms with van der Waals surface area (Å²) in [6, 6.07) is 7.28. The molecule has 332 valence electrons. The summed E-state index contributed by atoms with van der Waals surface area (Å²) in [6.45, 7) is 30.5. The van der Waals surface area contributed by atoms with Crippen LogP contribution in [0.1, 0.15) is 196 Å². The fraction of sp³-hybridized carbons (Fsp3) is 0.784. The Hall–Kier alpha value is -2.67. The van der Waals surface area contributed by atoms with Crippen LogP contribution in [0.4, 0.5) is 0 Å². The molecule has 7 heteroatoms. The third-order valence-corrected chi connectivity index (χ3v) is 17.0. The zero-order valence-electron chi connectivity index (χ0n) is 39.3. The molecular weight excluding hydrogens is 725 g/mol. The predicted molar refractivity (Wildman–Crippen MR) is 240 cm³/mol. The second kappa shape index (κ2) is 21.2. The summed E-state index contributed by atoms with van der Waals surface area (Å²) in [5.41, 5.74) is 2.86. The Morgan fingerprint density at radius 3 is 1.84 bits per heavy atom. The Bertz CT molecular complexity index is 1490. The number of aromatic carboxylic acids is 1. The van der Waals surface area contributed by atoms with Gasteiger partial charge in [0.2, 0.25) is 0 Å². The van der Waals surface area contributed by atoms with Gasteiger partial charge < -0.3 is 20.4 Å². The molecule has 1 aromatic rings. The minimum absolute atomic E-state index is 0.0759. The standard InChI is InChI=1S/C33H46O3.C11H20O2.3C2H6.CH2O2/c1-30(2)25(20-8-10-21(11-9-20)29(35)36)19-28(34)33(5)26(30)15-18-32(4)24-14-17-31(3)16-6-7-23(31)22(24)12-13-27(32)33;1-4-6-11(10(12)13)7-5-8(2)9(11)3;3*1-2;2-1-3/h8-11,19,22-24,26-28,34H,6-7,12-18H2,1-5H3,(H,35,36);8-9H,4-7H2,1-3H3,(H,12,13);3*1-2H3;1H,(H,2,3)/t22-,23-,24?,26?,27?,28-,31-,32+,33+;8-,9?,11-;;;;/m11..../s1. The first-order valence-corrected chi connectivity index (χ1v) is 23.4. The van der Waals surface area contributed by atoms with Crippen molar-refractivity contribution in [3.05, 3.63) is 41.5 Å². The predicted octanol–water partition coefficient (Wildman–Crippen LogP) is 13.5. The Morgan fingerprint density at radius 2 is 1.34 bits per heavy atom. The lowest BCUT2D eigenvalue weighted by atomic mass is 9.36. The van der Waals surface area contributed by atoms with Crippen LogP contribution in [0.2, 0.25) is 0 Å². The van der Waals surface area contributed by atoms with Crippen LogP contribution in [-0.2, 0) is 9.59 Å². The van der Waals surface area contributed by atoms with E-state index < -0.39 is 23.5 Å². The molecule has 0 radical (unpaired) electrons. The van der Waals surface area contributed by atoms with E-state index in [4.69, 9.17) is 9.90 Å². The largest absolute Gasteiger partial charge is 0.483 e. The van der Waals surface area contributed by atoms with Gasteiger partial charge in [-0.05, 0) is 152 Å². The van der Waals surface area contributed by atoms with Crippen LogP contribution in [0.5, 0.6) is 0 Å². The molecule has 4 N–H and O–H groups in total. The topological polar surface area (TPSA) is 132 Å². The molecule has 1 aromatic carbocycles. The molecule has 0 aliphatic heterocycles. The summed E-state index contributed by atoms with van der Waals surface area (Å²) in [5.74, 6) is 3.03. The number of benzene rings is 1. The van der Waals surface area contributed by atoms with Crippen molar-refractivity contribution in [1.82, 2.24) is 0 Å². The van der Waals surface area contributed by atoms with Gasteiger partial charge >= 0.3 is 11.9 Å². The zero-order chi connectivity index (χ0) is 44.4. The van der Waals surface area contributed by atoms with Crippen LogP contribution in [0.25, 0.3) is 5.57 Å². The molecule has 7 rings (SSSR count). The van der Waals surface area contributed by atoms with E-state index in [0.29, 0.717) is 40.1 Å². The summed E-state index contributed by atoms with van der Waals surface area (Å²) < 4.78 is 0. The molecule has 4 unspecified atom stereocenters. The van der Waals surface area contributed by atoms with Crippen LogP contribution < -0.4 is 0 Å². The van der Waals surface area contributed by atoms with Gasteiger partial charge in [0.05, 0.1) is 17.1 Å². The smallest absolute Gasteiger partial charge is 0.335 e. The fourth-order valence-corrected chi connectivity index (χ4v) is 14.1. The second-order valence-electron chi connectivity index (χ2n) is 19.3. The van der Waals surface area contributed by atoms with Crippen molar-refractivity contribution >= 4 is 24.0 Å². The van der Waals surface area contributed by atoms with Crippen LogP contribution in [0.3, 0.4) is 0 Å². The normalized spacial score (nSPS) is 38.6. The number of hydrogen-bond donors (Lipinski definition) is 4. The van der Waals surface area contributed by atoms with Crippen molar-refractivity contribution in [2.24, 2.45) is 68.5 Å². The maximum atomic E-state index is 11.9. The number of allylic oxidation sites excluding steroid dienone is 1. The highest BCUT2D eigenvalue weighted by Gasteiger charge is 2.67. The SMILES string of the molecule is CC.CC.CC.CC1(C)C(c2ccc(C(=O)O)cc2)=C[C@@H](O)[C@@]2(C)C1CC[C@@]1(C)C3CC[C@@]4(C)CCC[C@@H]4[C@H]3CCC12.CCC[C@@]1(C(=O)O)CC[C@@H](C)C1C.O=CO. The Kier molecular flexibility index (Phi) is 18.8. The van der Waals surface area contributed by atoms with E-state index >= 15 is 0 Å². The quantitative estimate of drug-likeness (QED) is 0.218. The molecule has 6 aliphatic carbocycles. The first kappa shape index (κ1) is 51.5. The molecule has 0 saturated heterocycles. The van der Waals surface area contributed by atoms with Crippen molar-refractivity contribution in [3.8, 4) is 0 Å². The third kappa shape index (κ3) is 9.30. The molecule has 0 bridgehead atoms. The van der Waals surface area contributed by atoms with Crippen molar-refractivity contribution in [2.75, 3.05) is 0 Å². The Balaban J connectivity index is 0.000000441. The van der Waals surface area contributed by atoms with E-state index in [1.807, 2.05) is 53.7 Å². The number of aliphatic hydroxyl groups is 1. The molecule has 5 saturated carbocycles. The van der Waals surface area contributed by atoms with Gasteiger partial charge in [0.1, 0.15) is 0 Å². The highest BCUT2D eigenvalue weighted by atomic mass is 16.4. The highest BCUT2D eigenvalue weighted by molar-refractivity contribution is 5.88. The molecule has 5 fully saturated rings. The van der Waals surface area contributed by atoms with E-state index in [-0.39, 0.29) is 17.3 Å². The highest BCUT2D eigenvalue weighted by Crippen LogP contribution is 2.73. The number of fused-ring (bicyclic) bond motifs is 7. The Morgan fingerprint density at radius 1 is 0.759 bits per heavy atom. The minimum atomic E-state index is -0.895. The first-order chi connectivity index (χ1) is 27.4. The van der Waals surface area contributed by atoms with E-state index in [1.165, 1.54) is 63.4 Å². The maximum Gasteiger partial charge on any atom is 0.335 e. The molecule has 58 heavy (non-hydrogen) atoms. The average Bonchev–Trinajstić information content (AvgIpc) is 3.75. The lowest BCUT2D eigenvalue weighted by molar-refractivity contribution is -0.202. The van der Waals surface area contributed by atoms with Gasteiger partial charge in [0, 0.05) is 5.41 Å². The van der Waals surface area contributed by atoms with Gasteiger partial charge in [0.15, 0.2) is 0 Å². The third-order valence-electron chi connectivity index (χ3n) is 17.0. The monoisotopic (exact) mass is 811 g/mol. The van der Waals surface area contributed by atoms with E-state index in [2.05, 4.69) is 61.5 Å². The van der Waals surface area contributed by atoms with Crippen molar-refractivity contribution < 1.29 is 34.8 Å². The number of rotatable bonds is 5. The van der Waals surface area contributed by atoms with Crippen molar-refractivity contribution in [1.29, 1.82) is 0 Å². The number of hydrogen-bond acceptors (Lipinski definition) is 4. The number of carboxylic acid groups (broad SMARTS) is 3. The summed E-state index contributed by atoms with van der Waals surface area (Å²) in [7, 11) is 0. The van der Waals surface area contributed by atoms with E-state index in [9.17, 15) is 24.9 Å². The minimum Gasteiger partial charge on any atom is -0.483 e. The molecule has 0 spiro atoms. The van der Waals surface area contributed by atoms with Gasteiger partial charge in [-0.15, -0.1) is 0 Å². The van der Waals surface area contributed by atoms with Gasteiger partial charge in [-0.3, -0.25) is 9.59 Å². The molecule has 0 amide bonds. The molecule has 12 atom stereocenters. The summed E-state index contributed by atoms with van der Waals surface area (Å²) >= 11 is 0. The molecular formula is C51H86O7. The lowest BCUT2D eigenvalue weighted by Crippen LogP contribution is -2.64. The fourth-order valence-electron chi connectivity index (χ4n) is 14.1. The molecule has 0 heterocycles. The van der Waals surface area contributed by atoms with Gasteiger partial charge in [-0.2, -0.15) is 0 Å². The zero-order valence-corrected chi connectivity index (χ0v) is 39.3. The van der Waals surface area contributed by atoms with Crippen LogP contribution in [0.15, 0.2) is 30.3 Å². The van der Waals surface area contributed by atoms with Gasteiger partial charge in [0.25, 0.3) is 6.47 Å². The average molecular weight is 811 g/mol. The number of aliphatic hydroxyl groups excluding tert-OH is 1. The van der Waals surface area contributed by atoms with Gasteiger partial charge in [-0.1, -0.05) is 128 Å². The van der Waals surface area contributed by atoms with Crippen molar-refractivity contribution in [2.45, 2.75) is 187 Å². The maximum absolute atomic E-state index is 11.9. The molecule has 6 aliphatic rings. The molecule has 7 nitrogen and oxygen atoms in total. The first-order valence-electron chi connectivity index (χ1n) is 23.4. The summed E-state index contributed by atoms with van der Waals surface area (Å²) in [5, 5.41) is 37.5. The lowest BCUT2D eigenvalue weighted by Gasteiger charge is -2.69. The number of carbonyl (C=O) groups is 3. The number of carboxylic acids is 2. The second-order valence-corrected chi connectivity index (χ2v) is 19.3. The van der Waals surface area contributed by atoms with Crippen LogP contribution >= 0.6 is 0 Å². The summed E-state index contributed by atoms with van der Waals surface area (Å²) in [6.07, 6.45) is 17.6. The molecule has 0 aromatic heterocycles.